The summed E-state index contributed by atoms with van der Waals surface area (Å²) in [6.45, 7) is 2.87. The van der Waals surface area contributed by atoms with E-state index >= 15 is 0 Å². The van der Waals surface area contributed by atoms with Gasteiger partial charge < -0.3 is 14.3 Å². The van der Waals surface area contributed by atoms with Crippen molar-refractivity contribution in [3.8, 4) is 0 Å². The first-order chi connectivity index (χ1) is 9.89. The quantitative estimate of drug-likeness (QED) is 0.385. The van der Waals surface area contributed by atoms with Crippen LogP contribution in [0, 0.1) is 0 Å². The van der Waals surface area contributed by atoms with E-state index < -0.39 is 29.3 Å². The molecule has 1 saturated heterocycles. The van der Waals surface area contributed by atoms with Gasteiger partial charge in [0.1, 0.15) is 0 Å². The van der Waals surface area contributed by atoms with Gasteiger partial charge in [0.25, 0.3) is 5.79 Å². The van der Waals surface area contributed by atoms with Gasteiger partial charge in [-0.05, 0) is 12.1 Å². The number of esters is 2. The Morgan fingerprint density at radius 1 is 1.14 bits per heavy atom. The predicted molar refractivity (Wildman–Crippen MR) is 69.3 cm³/mol. The lowest BCUT2D eigenvalue weighted by atomic mass is 10.2. The molecule has 0 spiro atoms. The van der Waals surface area contributed by atoms with Crippen molar-refractivity contribution < 1.29 is 28.7 Å². The van der Waals surface area contributed by atoms with Gasteiger partial charge in [-0.25, -0.2) is 19.9 Å². The molecule has 7 nitrogen and oxygen atoms in total. The molecule has 0 saturated carbocycles. The SMILES string of the molecule is CC1(C)OC(=O)C(=CNOC(=O)c2ccccc2)C(=O)O1. The molecule has 1 aliphatic rings. The molecule has 0 radical (unpaired) electrons. The molecule has 1 aromatic rings. The van der Waals surface area contributed by atoms with E-state index in [1.54, 1.807) is 30.3 Å². The van der Waals surface area contributed by atoms with E-state index in [0.717, 1.165) is 6.20 Å². The second-order valence-electron chi connectivity index (χ2n) is 4.61. The number of hydrogen-bond donors (Lipinski definition) is 1. The van der Waals surface area contributed by atoms with E-state index in [2.05, 4.69) is 5.48 Å². The zero-order valence-electron chi connectivity index (χ0n) is 11.4. The van der Waals surface area contributed by atoms with Crippen LogP contribution >= 0.6 is 0 Å². The highest BCUT2D eigenvalue weighted by Crippen LogP contribution is 2.21. The molecular formula is C14H13NO6. The fourth-order valence-corrected chi connectivity index (χ4v) is 1.55. The highest BCUT2D eigenvalue weighted by molar-refractivity contribution is 6.15. The minimum absolute atomic E-state index is 0.318. The van der Waals surface area contributed by atoms with Crippen LogP contribution in [0.15, 0.2) is 42.1 Å². The summed E-state index contributed by atoms with van der Waals surface area (Å²) >= 11 is 0. The lowest BCUT2D eigenvalue weighted by Crippen LogP contribution is -2.42. The number of carbonyl (C=O) groups excluding carboxylic acids is 3. The third kappa shape index (κ3) is 3.59. The Balaban J connectivity index is 1.97. The van der Waals surface area contributed by atoms with Crippen molar-refractivity contribution in [2.75, 3.05) is 0 Å². The topological polar surface area (TPSA) is 90.9 Å². The smallest absolute Gasteiger partial charge is 0.362 e. The molecular weight excluding hydrogens is 278 g/mol. The van der Waals surface area contributed by atoms with Crippen LogP contribution in [-0.4, -0.2) is 23.7 Å². The Kier molecular flexibility index (Phi) is 3.93. The highest BCUT2D eigenvalue weighted by Gasteiger charge is 2.39. The first-order valence-corrected chi connectivity index (χ1v) is 6.08. The second kappa shape index (κ2) is 5.66. The van der Waals surface area contributed by atoms with E-state index in [1.807, 2.05) is 0 Å². The molecule has 0 bridgehead atoms. The van der Waals surface area contributed by atoms with Crippen molar-refractivity contribution in [1.29, 1.82) is 0 Å². The van der Waals surface area contributed by atoms with Crippen molar-refractivity contribution in [2.24, 2.45) is 0 Å². The third-order valence-corrected chi connectivity index (χ3v) is 2.48. The summed E-state index contributed by atoms with van der Waals surface area (Å²) < 4.78 is 9.74. The molecule has 110 valence electrons. The average molecular weight is 291 g/mol. The Morgan fingerprint density at radius 3 is 2.29 bits per heavy atom. The zero-order valence-corrected chi connectivity index (χ0v) is 11.4. The van der Waals surface area contributed by atoms with E-state index in [1.165, 1.54) is 13.8 Å². The number of benzene rings is 1. The van der Waals surface area contributed by atoms with Gasteiger partial charge in [0, 0.05) is 13.8 Å². The van der Waals surface area contributed by atoms with E-state index in [0.29, 0.717) is 5.56 Å². The summed E-state index contributed by atoms with van der Waals surface area (Å²) in [5.41, 5.74) is 2.05. The number of hydrogen-bond acceptors (Lipinski definition) is 7. The molecule has 0 aliphatic carbocycles. The van der Waals surface area contributed by atoms with Crippen molar-refractivity contribution in [2.45, 2.75) is 19.6 Å². The number of carbonyl (C=O) groups is 3. The molecule has 1 heterocycles. The van der Waals surface area contributed by atoms with E-state index in [4.69, 9.17) is 14.3 Å². The normalized spacial score (nSPS) is 16.6. The van der Waals surface area contributed by atoms with Crippen LogP contribution in [-0.2, 0) is 23.9 Å². The lowest BCUT2D eigenvalue weighted by Gasteiger charge is -2.29. The minimum atomic E-state index is -1.31. The standard InChI is InChI=1S/C14H13NO6/c1-14(2)19-12(17)10(13(18)20-14)8-15-21-11(16)9-6-4-3-5-7-9/h3-8,15H,1-2H3. The van der Waals surface area contributed by atoms with E-state index in [-0.39, 0.29) is 0 Å². The summed E-state index contributed by atoms with van der Waals surface area (Å²) in [4.78, 5) is 39.5. The number of ether oxygens (including phenoxy) is 2. The van der Waals surface area contributed by atoms with Gasteiger partial charge in [0.15, 0.2) is 5.57 Å². The van der Waals surface area contributed by atoms with Crippen LogP contribution in [0.2, 0.25) is 0 Å². The number of rotatable bonds is 3. The van der Waals surface area contributed by atoms with Gasteiger partial charge in [-0.1, -0.05) is 18.2 Å². The second-order valence-corrected chi connectivity index (χ2v) is 4.61. The van der Waals surface area contributed by atoms with Gasteiger partial charge in [0.05, 0.1) is 11.8 Å². The largest absolute Gasteiger partial charge is 0.419 e. The first-order valence-electron chi connectivity index (χ1n) is 6.08. The van der Waals surface area contributed by atoms with Crippen molar-refractivity contribution in [3.05, 3.63) is 47.7 Å². The van der Waals surface area contributed by atoms with Crippen LogP contribution in [0.1, 0.15) is 24.2 Å². The fourth-order valence-electron chi connectivity index (χ4n) is 1.55. The van der Waals surface area contributed by atoms with Crippen LogP contribution < -0.4 is 5.48 Å². The molecule has 0 amide bonds. The molecule has 0 unspecified atom stereocenters. The number of nitrogens with one attached hydrogen (secondary N) is 1. The summed E-state index contributed by atoms with van der Waals surface area (Å²) in [6, 6.07) is 8.22. The molecule has 1 aliphatic heterocycles. The molecule has 0 aromatic heterocycles. The fraction of sp³-hybridized carbons (Fsp3) is 0.214. The van der Waals surface area contributed by atoms with Crippen molar-refractivity contribution >= 4 is 17.9 Å². The molecule has 1 fully saturated rings. The van der Waals surface area contributed by atoms with Gasteiger partial charge in [0.2, 0.25) is 0 Å². The predicted octanol–water partition coefficient (Wildman–Crippen LogP) is 1.07. The maximum atomic E-state index is 11.6. The maximum Gasteiger partial charge on any atom is 0.362 e. The molecule has 0 atom stereocenters. The Labute approximate surface area is 120 Å². The van der Waals surface area contributed by atoms with Gasteiger partial charge in [-0.15, -0.1) is 0 Å². The Morgan fingerprint density at radius 2 is 1.71 bits per heavy atom. The molecule has 2 rings (SSSR count). The van der Waals surface area contributed by atoms with E-state index in [9.17, 15) is 14.4 Å². The van der Waals surface area contributed by atoms with Crippen LogP contribution in [0.25, 0.3) is 0 Å². The van der Waals surface area contributed by atoms with Gasteiger partial charge in [-0.2, -0.15) is 0 Å². The van der Waals surface area contributed by atoms with Crippen LogP contribution in [0.5, 0.6) is 0 Å². The number of cyclic esters (lactones) is 2. The zero-order chi connectivity index (χ0) is 15.5. The monoisotopic (exact) mass is 291 g/mol. The lowest BCUT2D eigenvalue weighted by molar-refractivity contribution is -0.222. The minimum Gasteiger partial charge on any atom is -0.419 e. The summed E-state index contributed by atoms with van der Waals surface area (Å²) in [5.74, 6) is -3.70. The maximum absolute atomic E-state index is 11.6. The molecule has 1 aromatic carbocycles. The first kappa shape index (κ1) is 14.6. The van der Waals surface area contributed by atoms with Gasteiger partial charge >= 0.3 is 17.9 Å². The number of hydroxylamine groups is 1. The van der Waals surface area contributed by atoms with Crippen molar-refractivity contribution in [1.82, 2.24) is 5.48 Å². The molecule has 21 heavy (non-hydrogen) atoms. The Hall–Kier alpha value is -2.83. The van der Waals surface area contributed by atoms with Crippen LogP contribution in [0.3, 0.4) is 0 Å². The molecule has 1 N–H and O–H groups in total. The average Bonchev–Trinajstić information content (AvgIpc) is 2.41. The van der Waals surface area contributed by atoms with Gasteiger partial charge in [-0.3, -0.25) is 0 Å². The highest BCUT2D eigenvalue weighted by atomic mass is 16.7. The summed E-state index contributed by atoms with van der Waals surface area (Å²) in [7, 11) is 0. The summed E-state index contributed by atoms with van der Waals surface area (Å²) in [5, 5.41) is 0. The third-order valence-electron chi connectivity index (χ3n) is 2.48. The van der Waals surface area contributed by atoms with Crippen LogP contribution in [0.4, 0.5) is 0 Å². The Bertz CT molecular complexity index is 583. The summed E-state index contributed by atoms with van der Waals surface area (Å²) in [6.07, 6.45) is 0.917. The van der Waals surface area contributed by atoms with Crippen molar-refractivity contribution in [3.63, 3.8) is 0 Å². The molecule has 7 heteroatoms.